The Morgan fingerprint density at radius 3 is 1.89 bits per heavy atom. The second kappa shape index (κ2) is 6.09. The first-order valence-corrected chi connectivity index (χ1v) is 4.10. The van der Waals surface area contributed by atoms with Crippen LogP contribution in [0.2, 0.25) is 0 Å². The molecule has 0 aromatic rings. The zero-order chi connectivity index (χ0) is 7.11. The number of hydrogen-bond acceptors (Lipinski definition) is 1. The molecule has 0 bridgehead atoms. The summed E-state index contributed by atoms with van der Waals surface area (Å²) in [5, 5.41) is 3.32. The fraction of sp³-hybridized carbons (Fsp3) is 1.00. The molecule has 1 aliphatic heterocycles. The molecule has 0 aromatic carbocycles. The third-order valence-electron chi connectivity index (χ3n) is 1.63. The summed E-state index contributed by atoms with van der Waals surface area (Å²) in [6.45, 7) is 8.79. The highest BCUT2D eigenvalue weighted by atomic mass is 14.9. The van der Waals surface area contributed by atoms with E-state index >= 15 is 0 Å². The van der Waals surface area contributed by atoms with Crippen LogP contribution in [0.1, 0.15) is 35.0 Å². The molecule has 1 heteroatoms. The largest absolute Gasteiger partial charge is 0.317 e. The Morgan fingerprint density at radius 2 is 1.67 bits per heavy atom. The van der Waals surface area contributed by atoms with Crippen LogP contribution < -0.4 is 5.32 Å². The highest BCUT2D eigenvalue weighted by molar-refractivity contribution is 4.62. The van der Waals surface area contributed by atoms with E-state index in [1.165, 1.54) is 25.9 Å². The van der Waals surface area contributed by atoms with Gasteiger partial charge in [0.15, 0.2) is 0 Å². The Kier molecular flexibility index (Phi) is 6.06. The van der Waals surface area contributed by atoms with Crippen molar-refractivity contribution in [2.75, 3.05) is 13.1 Å². The van der Waals surface area contributed by atoms with Gasteiger partial charge < -0.3 is 5.32 Å². The maximum absolute atomic E-state index is 3.32. The van der Waals surface area contributed by atoms with Crippen LogP contribution in [-0.2, 0) is 0 Å². The second-order valence-corrected chi connectivity index (χ2v) is 2.43. The molecule has 1 nitrogen and oxygen atoms in total. The van der Waals surface area contributed by atoms with E-state index in [9.17, 15) is 0 Å². The van der Waals surface area contributed by atoms with Crippen molar-refractivity contribution < 1.29 is 1.43 Å². The van der Waals surface area contributed by atoms with Crippen molar-refractivity contribution in [2.45, 2.75) is 33.6 Å². The van der Waals surface area contributed by atoms with Gasteiger partial charge in [0.05, 0.1) is 0 Å². The molecule has 0 unspecified atom stereocenters. The average molecular weight is 131 g/mol. The molecule has 1 heterocycles. The maximum Gasteiger partial charge on any atom is 0 e. The Bertz CT molecular complexity index is 51.2. The molecule has 1 rings (SSSR count). The number of rotatable bonds is 0. The Hall–Kier alpha value is -0.0400. The summed E-state index contributed by atoms with van der Waals surface area (Å²) in [6.07, 6.45) is 2.75. The van der Waals surface area contributed by atoms with Crippen LogP contribution in [-0.4, -0.2) is 13.1 Å². The lowest BCUT2D eigenvalue weighted by Crippen LogP contribution is -2.26. The molecule has 58 valence electrons. The molecule has 1 aliphatic rings. The summed E-state index contributed by atoms with van der Waals surface area (Å²) in [4.78, 5) is 0. The van der Waals surface area contributed by atoms with Gasteiger partial charge in [-0.05, 0) is 31.8 Å². The van der Waals surface area contributed by atoms with Gasteiger partial charge in [0.2, 0.25) is 0 Å². The minimum atomic E-state index is 0. The van der Waals surface area contributed by atoms with E-state index in [1.54, 1.807) is 0 Å². The van der Waals surface area contributed by atoms with Gasteiger partial charge in [-0.3, -0.25) is 0 Å². The molecular formula is C8H21N. The number of piperidine rings is 1. The zero-order valence-corrected chi connectivity index (χ0v) is 6.91. The lowest BCUT2D eigenvalue weighted by molar-refractivity contribution is 0.402. The first kappa shape index (κ1) is 8.96. The maximum atomic E-state index is 3.32. The van der Waals surface area contributed by atoms with E-state index in [2.05, 4.69) is 12.2 Å². The summed E-state index contributed by atoms with van der Waals surface area (Å²) in [6, 6.07) is 0. The van der Waals surface area contributed by atoms with Gasteiger partial charge in [-0.25, -0.2) is 0 Å². The highest BCUT2D eigenvalue weighted by Crippen LogP contribution is 2.08. The Morgan fingerprint density at radius 1 is 1.22 bits per heavy atom. The third kappa shape index (κ3) is 4.46. The molecule has 9 heavy (non-hydrogen) atoms. The van der Waals surface area contributed by atoms with Crippen LogP contribution in [0.15, 0.2) is 0 Å². The quantitative estimate of drug-likeness (QED) is 0.532. The van der Waals surface area contributed by atoms with Gasteiger partial charge in [0.25, 0.3) is 0 Å². The zero-order valence-electron chi connectivity index (χ0n) is 6.91. The van der Waals surface area contributed by atoms with Crippen LogP contribution in [0.25, 0.3) is 0 Å². The van der Waals surface area contributed by atoms with E-state index in [4.69, 9.17) is 0 Å². The molecule has 0 saturated carbocycles. The molecule has 1 saturated heterocycles. The van der Waals surface area contributed by atoms with E-state index in [-0.39, 0.29) is 1.43 Å². The Labute approximate surface area is 60.3 Å². The molecule has 1 fully saturated rings. The van der Waals surface area contributed by atoms with Crippen LogP contribution in [0.3, 0.4) is 0 Å². The van der Waals surface area contributed by atoms with Crippen molar-refractivity contribution in [2.24, 2.45) is 5.92 Å². The highest BCUT2D eigenvalue weighted by Gasteiger charge is 2.04. The topological polar surface area (TPSA) is 12.0 Å². The van der Waals surface area contributed by atoms with E-state index in [0.29, 0.717) is 0 Å². The fourth-order valence-corrected chi connectivity index (χ4v) is 0.966. The lowest BCUT2D eigenvalue weighted by atomic mass is 10.0. The average Bonchev–Trinajstić information content (AvgIpc) is 1.94. The minimum absolute atomic E-state index is 0. The molecule has 0 spiro atoms. The van der Waals surface area contributed by atoms with Gasteiger partial charge in [-0.15, -0.1) is 0 Å². The van der Waals surface area contributed by atoms with Gasteiger partial charge in [0, 0.05) is 1.43 Å². The lowest BCUT2D eigenvalue weighted by Gasteiger charge is -2.17. The van der Waals surface area contributed by atoms with Crippen LogP contribution >= 0.6 is 0 Å². The molecule has 0 aromatic heterocycles. The van der Waals surface area contributed by atoms with Crippen molar-refractivity contribution in [3.63, 3.8) is 0 Å². The van der Waals surface area contributed by atoms with Crippen molar-refractivity contribution >= 4 is 0 Å². The van der Waals surface area contributed by atoms with Crippen molar-refractivity contribution in [1.29, 1.82) is 0 Å². The second-order valence-electron chi connectivity index (χ2n) is 2.43. The molecule has 1 N–H and O–H groups in total. The third-order valence-corrected chi connectivity index (χ3v) is 1.63. The summed E-state index contributed by atoms with van der Waals surface area (Å²) >= 11 is 0. The summed E-state index contributed by atoms with van der Waals surface area (Å²) in [5.41, 5.74) is 0. The smallest absolute Gasteiger partial charge is 0 e. The van der Waals surface area contributed by atoms with Gasteiger partial charge in [-0.1, -0.05) is 20.8 Å². The van der Waals surface area contributed by atoms with Gasteiger partial charge in [-0.2, -0.15) is 0 Å². The normalized spacial score (nSPS) is 20.3. The monoisotopic (exact) mass is 131 g/mol. The predicted octanol–water partition coefficient (Wildman–Crippen LogP) is 2.28. The molecule has 0 radical (unpaired) electrons. The first-order chi connectivity index (χ1) is 4.39. The SMILES string of the molecule is CC.CC1CCNCC1.[HH]. The predicted molar refractivity (Wildman–Crippen MR) is 44.7 cm³/mol. The van der Waals surface area contributed by atoms with E-state index in [0.717, 1.165) is 5.92 Å². The molecule has 0 atom stereocenters. The fourth-order valence-electron chi connectivity index (χ4n) is 0.966. The minimum Gasteiger partial charge on any atom is -0.317 e. The summed E-state index contributed by atoms with van der Waals surface area (Å²) < 4.78 is 0. The number of nitrogens with one attached hydrogen (secondary N) is 1. The van der Waals surface area contributed by atoms with Crippen LogP contribution in [0.5, 0.6) is 0 Å². The van der Waals surface area contributed by atoms with E-state index < -0.39 is 0 Å². The first-order valence-electron chi connectivity index (χ1n) is 4.10. The van der Waals surface area contributed by atoms with Crippen LogP contribution in [0, 0.1) is 5.92 Å². The van der Waals surface area contributed by atoms with Crippen molar-refractivity contribution in [3.8, 4) is 0 Å². The molecule has 0 aliphatic carbocycles. The van der Waals surface area contributed by atoms with E-state index in [1.807, 2.05) is 13.8 Å². The summed E-state index contributed by atoms with van der Waals surface area (Å²) in [5.74, 6) is 0.973. The standard InChI is InChI=1S/C6H13N.C2H6.H2/c1-6-2-4-7-5-3-6;1-2;/h6-7H,2-5H2,1H3;1-2H3;1H. The Balaban J connectivity index is 0. The van der Waals surface area contributed by atoms with Gasteiger partial charge in [0.1, 0.15) is 0 Å². The summed E-state index contributed by atoms with van der Waals surface area (Å²) in [7, 11) is 0. The molecule has 0 amide bonds. The van der Waals surface area contributed by atoms with Crippen molar-refractivity contribution in [3.05, 3.63) is 0 Å². The number of hydrogen-bond donors (Lipinski definition) is 1. The van der Waals surface area contributed by atoms with Crippen LogP contribution in [0.4, 0.5) is 0 Å². The van der Waals surface area contributed by atoms with Gasteiger partial charge >= 0.3 is 0 Å². The molecular weight excluding hydrogens is 110 g/mol. The van der Waals surface area contributed by atoms with Crippen molar-refractivity contribution in [1.82, 2.24) is 5.32 Å².